The van der Waals surface area contributed by atoms with E-state index >= 15 is 0 Å². The van der Waals surface area contributed by atoms with Crippen molar-refractivity contribution < 1.29 is 0 Å². The Morgan fingerprint density at radius 3 is 2.36 bits per heavy atom. The Balaban J connectivity index is 1.95. The van der Waals surface area contributed by atoms with Gasteiger partial charge in [-0.1, -0.05) is 48.0 Å². The van der Waals surface area contributed by atoms with Gasteiger partial charge in [0.2, 0.25) is 0 Å². The van der Waals surface area contributed by atoms with Gasteiger partial charge in [-0.05, 0) is 43.3 Å². The van der Waals surface area contributed by atoms with Gasteiger partial charge in [-0.25, -0.2) is 4.98 Å². The van der Waals surface area contributed by atoms with Crippen LogP contribution in [0.4, 0.5) is 0 Å². The van der Waals surface area contributed by atoms with Gasteiger partial charge in [0, 0.05) is 17.1 Å². The zero-order chi connectivity index (χ0) is 19.1. The van der Waals surface area contributed by atoms with Gasteiger partial charge >= 0.3 is 0 Å². The van der Waals surface area contributed by atoms with Crippen molar-refractivity contribution in [3.63, 3.8) is 0 Å². The van der Waals surface area contributed by atoms with Crippen LogP contribution in [0.15, 0.2) is 89.9 Å². The molecular formula is C24H17N3O. The largest absolute Gasteiger partial charge is 0.268 e. The summed E-state index contributed by atoms with van der Waals surface area (Å²) in [4.78, 5) is 22.9. The minimum Gasteiger partial charge on any atom is -0.268 e. The molecule has 4 nitrogen and oxygen atoms in total. The minimum atomic E-state index is -0.0848. The van der Waals surface area contributed by atoms with Gasteiger partial charge < -0.3 is 0 Å². The molecule has 0 unspecified atom stereocenters. The van der Waals surface area contributed by atoms with Gasteiger partial charge in [-0.15, -0.1) is 0 Å². The van der Waals surface area contributed by atoms with E-state index in [1.54, 1.807) is 10.8 Å². The highest BCUT2D eigenvalue weighted by Gasteiger charge is 2.16. The Morgan fingerprint density at radius 2 is 1.57 bits per heavy atom. The third-order valence-corrected chi connectivity index (χ3v) is 4.94. The lowest BCUT2D eigenvalue weighted by molar-refractivity contribution is 0.976. The Labute approximate surface area is 161 Å². The van der Waals surface area contributed by atoms with Crippen LogP contribution in [0.25, 0.3) is 38.9 Å². The molecule has 134 valence electrons. The molecule has 0 aliphatic carbocycles. The molecule has 0 fully saturated rings. The van der Waals surface area contributed by atoms with Crippen LogP contribution in [0.1, 0.15) is 5.56 Å². The molecule has 0 saturated carbocycles. The third-order valence-electron chi connectivity index (χ3n) is 4.94. The summed E-state index contributed by atoms with van der Waals surface area (Å²) in [7, 11) is 0. The lowest BCUT2D eigenvalue weighted by atomic mass is 10.1. The fraction of sp³-hybridized carbons (Fsp3) is 0.0417. The number of aryl methyl sites for hydroxylation is 1. The Hall–Kier alpha value is -3.79. The fourth-order valence-electron chi connectivity index (χ4n) is 3.52. The highest BCUT2D eigenvalue weighted by molar-refractivity contribution is 6.03. The molecule has 4 heteroatoms. The molecule has 0 atom stereocenters. The smallest absolute Gasteiger partial charge is 0.266 e. The first-order chi connectivity index (χ1) is 13.7. The van der Waals surface area contributed by atoms with Crippen molar-refractivity contribution in [2.75, 3.05) is 0 Å². The molecule has 28 heavy (non-hydrogen) atoms. The standard InChI is InChI=1S/C24H17N3O/c1-16-9-11-18(12-10-16)27-23(17-6-3-2-4-7-17)26-22-19-8-5-15-25-21(19)14-13-20(22)24(27)28/h2-15H,1H3. The number of nitrogens with zero attached hydrogens (tertiary/aromatic N) is 3. The van der Waals surface area contributed by atoms with E-state index in [4.69, 9.17) is 4.98 Å². The molecule has 0 amide bonds. The average Bonchev–Trinajstić information content (AvgIpc) is 2.75. The van der Waals surface area contributed by atoms with E-state index in [9.17, 15) is 4.79 Å². The topological polar surface area (TPSA) is 47.8 Å². The molecule has 2 aromatic heterocycles. The van der Waals surface area contributed by atoms with E-state index in [2.05, 4.69) is 4.98 Å². The zero-order valence-electron chi connectivity index (χ0n) is 15.3. The molecule has 0 saturated heterocycles. The van der Waals surface area contributed by atoms with Crippen LogP contribution in [0.2, 0.25) is 0 Å². The van der Waals surface area contributed by atoms with Crippen molar-refractivity contribution in [3.8, 4) is 17.1 Å². The zero-order valence-corrected chi connectivity index (χ0v) is 15.3. The van der Waals surface area contributed by atoms with Gasteiger partial charge in [0.15, 0.2) is 0 Å². The van der Waals surface area contributed by atoms with Crippen LogP contribution in [0.3, 0.4) is 0 Å². The molecule has 0 aliphatic rings. The second kappa shape index (κ2) is 6.43. The number of aromatic nitrogens is 3. The summed E-state index contributed by atoms with van der Waals surface area (Å²) >= 11 is 0. The third kappa shape index (κ3) is 2.58. The highest BCUT2D eigenvalue weighted by Crippen LogP contribution is 2.26. The molecule has 3 aromatic carbocycles. The first-order valence-corrected chi connectivity index (χ1v) is 9.15. The van der Waals surface area contributed by atoms with Gasteiger partial charge in [0.1, 0.15) is 5.82 Å². The maximum atomic E-state index is 13.6. The number of rotatable bonds is 2. The molecule has 2 heterocycles. The van der Waals surface area contributed by atoms with Crippen molar-refractivity contribution >= 4 is 21.8 Å². The van der Waals surface area contributed by atoms with E-state index in [1.807, 2.05) is 85.8 Å². The summed E-state index contributed by atoms with van der Waals surface area (Å²) in [5.74, 6) is 0.623. The maximum absolute atomic E-state index is 13.6. The van der Waals surface area contributed by atoms with Crippen LogP contribution in [-0.4, -0.2) is 14.5 Å². The number of fused-ring (bicyclic) bond motifs is 3. The predicted molar refractivity (Wildman–Crippen MR) is 113 cm³/mol. The Bertz CT molecular complexity index is 1370. The summed E-state index contributed by atoms with van der Waals surface area (Å²) in [6, 6.07) is 25.3. The van der Waals surface area contributed by atoms with Gasteiger partial charge in [0.25, 0.3) is 5.56 Å². The van der Waals surface area contributed by atoms with Crippen LogP contribution >= 0.6 is 0 Å². The van der Waals surface area contributed by atoms with E-state index in [-0.39, 0.29) is 5.56 Å². The molecule has 0 aliphatic heterocycles. The van der Waals surface area contributed by atoms with Crippen molar-refractivity contribution in [1.82, 2.24) is 14.5 Å². The van der Waals surface area contributed by atoms with Crippen LogP contribution in [0, 0.1) is 6.92 Å². The quantitative estimate of drug-likeness (QED) is 0.419. The second-order valence-electron chi connectivity index (χ2n) is 6.81. The van der Waals surface area contributed by atoms with E-state index < -0.39 is 0 Å². The average molecular weight is 363 g/mol. The van der Waals surface area contributed by atoms with Crippen LogP contribution in [0.5, 0.6) is 0 Å². The molecule has 0 spiro atoms. The summed E-state index contributed by atoms with van der Waals surface area (Å²) in [6.07, 6.45) is 1.75. The van der Waals surface area contributed by atoms with Crippen molar-refractivity contribution in [1.29, 1.82) is 0 Å². The van der Waals surface area contributed by atoms with E-state index in [0.29, 0.717) is 16.7 Å². The Kier molecular flexibility index (Phi) is 3.76. The number of benzene rings is 3. The first kappa shape index (κ1) is 16.4. The Morgan fingerprint density at radius 1 is 0.786 bits per heavy atom. The second-order valence-corrected chi connectivity index (χ2v) is 6.81. The SMILES string of the molecule is Cc1ccc(-n2c(-c3ccccc3)nc3c(ccc4ncccc43)c2=O)cc1. The number of hydrogen-bond donors (Lipinski definition) is 0. The van der Waals surface area contributed by atoms with Crippen LogP contribution < -0.4 is 5.56 Å². The summed E-state index contributed by atoms with van der Waals surface area (Å²) in [5.41, 5.74) is 4.26. The van der Waals surface area contributed by atoms with Crippen molar-refractivity contribution in [3.05, 3.63) is 101 Å². The monoisotopic (exact) mass is 363 g/mol. The molecule has 0 bridgehead atoms. The lowest BCUT2D eigenvalue weighted by Gasteiger charge is -2.15. The van der Waals surface area contributed by atoms with Gasteiger partial charge in [-0.2, -0.15) is 0 Å². The van der Waals surface area contributed by atoms with Crippen molar-refractivity contribution in [2.24, 2.45) is 0 Å². The predicted octanol–water partition coefficient (Wildman–Crippen LogP) is 4.91. The van der Waals surface area contributed by atoms with E-state index in [1.165, 1.54) is 0 Å². The van der Waals surface area contributed by atoms with Gasteiger partial charge in [-0.3, -0.25) is 14.3 Å². The normalized spacial score (nSPS) is 11.2. The molecule has 0 N–H and O–H groups in total. The molecule has 5 aromatic rings. The minimum absolute atomic E-state index is 0.0848. The molecular weight excluding hydrogens is 346 g/mol. The summed E-state index contributed by atoms with van der Waals surface area (Å²) in [6.45, 7) is 2.03. The summed E-state index contributed by atoms with van der Waals surface area (Å²) < 4.78 is 1.69. The van der Waals surface area contributed by atoms with E-state index in [0.717, 1.165) is 27.7 Å². The van der Waals surface area contributed by atoms with Crippen LogP contribution in [-0.2, 0) is 0 Å². The highest BCUT2D eigenvalue weighted by atomic mass is 16.1. The molecule has 0 radical (unpaired) electrons. The molecule has 5 rings (SSSR count). The maximum Gasteiger partial charge on any atom is 0.266 e. The summed E-state index contributed by atoms with van der Waals surface area (Å²) in [5, 5.41) is 1.46. The van der Waals surface area contributed by atoms with Gasteiger partial charge in [0.05, 0.1) is 22.1 Å². The fourth-order valence-corrected chi connectivity index (χ4v) is 3.52. The first-order valence-electron chi connectivity index (χ1n) is 9.15. The number of pyridine rings is 1. The van der Waals surface area contributed by atoms with Crippen molar-refractivity contribution in [2.45, 2.75) is 6.92 Å². The number of hydrogen-bond acceptors (Lipinski definition) is 3. The lowest BCUT2D eigenvalue weighted by Crippen LogP contribution is -2.22.